The topological polar surface area (TPSA) is 107 Å². The van der Waals surface area contributed by atoms with Gasteiger partial charge >= 0.3 is 0 Å². The highest BCUT2D eigenvalue weighted by atomic mass is 32.2. The van der Waals surface area contributed by atoms with E-state index < -0.39 is 10.0 Å². The fourth-order valence-corrected chi connectivity index (χ4v) is 5.19. The number of nitrogens with zero attached hydrogens (tertiary/aromatic N) is 2. The summed E-state index contributed by atoms with van der Waals surface area (Å²) >= 11 is 0. The molecule has 0 aliphatic carbocycles. The molecule has 0 saturated carbocycles. The number of methoxy groups -OCH3 is 2. The van der Waals surface area contributed by atoms with Crippen molar-refractivity contribution in [2.45, 2.75) is 4.90 Å². The highest BCUT2D eigenvalue weighted by Crippen LogP contribution is 2.33. The number of carbonyl (C=O) groups is 1. The molecule has 2 aliphatic rings. The van der Waals surface area contributed by atoms with Crippen molar-refractivity contribution in [2.75, 3.05) is 65.5 Å². The smallest absolute Gasteiger partial charge is 0.243 e. The number of nitrogens with one attached hydrogen (secondary N) is 1. The van der Waals surface area contributed by atoms with Gasteiger partial charge in [0.1, 0.15) is 24.7 Å². The van der Waals surface area contributed by atoms with Crippen LogP contribution >= 0.6 is 0 Å². The maximum Gasteiger partial charge on any atom is 0.243 e. The van der Waals surface area contributed by atoms with Crippen LogP contribution in [0.25, 0.3) is 0 Å². The first-order chi connectivity index (χ1) is 15.9. The van der Waals surface area contributed by atoms with E-state index in [9.17, 15) is 13.2 Å². The number of piperazine rings is 1. The lowest BCUT2D eigenvalue weighted by Gasteiger charge is -2.33. The van der Waals surface area contributed by atoms with Crippen LogP contribution in [0, 0.1) is 0 Å². The van der Waals surface area contributed by atoms with E-state index in [1.165, 1.54) is 23.5 Å². The summed E-state index contributed by atoms with van der Waals surface area (Å²) in [5.74, 6) is 1.90. The van der Waals surface area contributed by atoms with Gasteiger partial charge in [0.25, 0.3) is 0 Å². The molecule has 11 heteroatoms. The van der Waals surface area contributed by atoms with Crippen LogP contribution in [0.15, 0.2) is 41.3 Å². The van der Waals surface area contributed by atoms with E-state index in [2.05, 4.69) is 5.32 Å². The van der Waals surface area contributed by atoms with E-state index in [4.69, 9.17) is 18.9 Å². The molecule has 2 heterocycles. The summed E-state index contributed by atoms with van der Waals surface area (Å²) in [5.41, 5.74) is 0.545. The Hall–Kier alpha value is -3.02. The van der Waals surface area contributed by atoms with E-state index in [1.54, 1.807) is 31.4 Å². The van der Waals surface area contributed by atoms with E-state index in [0.717, 1.165) is 0 Å². The number of ether oxygens (including phenoxy) is 4. The van der Waals surface area contributed by atoms with Crippen LogP contribution in [0.3, 0.4) is 0 Å². The average Bonchev–Trinajstić information content (AvgIpc) is 2.84. The highest BCUT2D eigenvalue weighted by molar-refractivity contribution is 7.89. The van der Waals surface area contributed by atoms with Crippen LogP contribution in [0.5, 0.6) is 23.0 Å². The Balaban J connectivity index is 1.34. The van der Waals surface area contributed by atoms with Crippen molar-refractivity contribution in [3.8, 4) is 23.0 Å². The second-order valence-electron chi connectivity index (χ2n) is 7.60. The molecule has 4 rings (SSSR count). The summed E-state index contributed by atoms with van der Waals surface area (Å²) in [4.78, 5) is 14.6. The summed E-state index contributed by atoms with van der Waals surface area (Å²) in [6.07, 6.45) is 0. The van der Waals surface area contributed by atoms with Crippen LogP contribution < -0.4 is 24.3 Å². The van der Waals surface area contributed by atoms with E-state index in [-0.39, 0.29) is 30.4 Å². The first kappa shape index (κ1) is 23.1. The molecule has 1 fully saturated rings. The van der Waals surface area contributed by atoms with E-state index in [1.807, 2.05) is 4.90 Å². The molecule has 0 spiro atoms. The summed E-state index contributed by atoms with van der Waals surface area (Å²) in [6.45, 7) is 2.44. The lowest BCUT2D eigenvalue weighted by atomic mass is 10.2. The largest absolute Gasteiger partial charge is 0.497 e. The van der Waals surface area contributed by atoms with Crippen molar-refractivity contribution in [3.63, 3.8) is 0 Å². The lowest BCUT2D eigenvalue weighted by Crippen LogP contribution is -2.50. The summed E-state index contributed by atoms with van der Waals surface area (Å²) in [7, 11) is -0.594. The molecule has 1 amide bonds. The normalized spacial score (nSPS) is 16.8. The van der Waals surface area contributed by atoms with Gasteiger partial charge in [0.05, 0.1) is 31.3 Å². The number of carbonyl (C=O) groups excluding carboxylic acids is 1. The molecule has 1 N–H and O–H groups in total. The van der Waals surface area contributed by atoms with Crippen LogP contribution in [-0.4, -0.2) is 83.7 Å². The van der Waals surface area contributed by atoms with Gasteiger partial charge in [-0.15, -0.1) is 0 Å². The summed E-state index contributed by atoms with van der Waals surface area (Å²) in [6, 6.07) is 9.80. The van der Waals surface area contributed by atoms with Crippen LogP contribution in [0.2, 0.25) is 0 Å². The monoisotopic (exact) mass is 477 g/mol. The molecule has 10 nitrogen and oxygen atoms in total. The highest BCUT2D eigenvalue weighted by Gasteiger charge is 2.30. The third kappa shape index (κ3) is 5.15. The molecule has 0 atom stereocenters. The molecule has 0 radical (unpaired) electrons. The fraction of sp³-hybridized carbons (Fsp3) is 0.409. The number of hydrogen-bond donors (Lipinski definition) is 1. The molecule has 2 aromatic rings. The van der Waals surface area contributed by atoms with Crippen LogP contribution in [0.4, 0.5) is 5.69 Å². The maximum absolute atomic E-state index is 13.1. The van der Waals surface area contributed by atoms with Gasteiger partial charge in [-0.2, -0.15) is 4.31 Å². The van der Waals surface area contributed by atoms with Crippen molar-refractivity contribution in [1.29, 1.82) is 0 Å². The second-order valence-corrected chi connectivity index (χ2v) is 9.54. The molecular weight excluding hydrogens is 450 g/mol. The number of hydrogen-bond acceptors (Lipinski definition) is 8. The van der Waals surface area contributed by atoms with Gasteiger partial charge in [-0.3, -0.25) is 9.69 Å². The van der Waals surface area contributed by atoms with Crippen molar-refractivity contribution in [1.82, 2.24) is 9.21 Å². The second kappa shape index (κ2) is 9.86. The van der Waals surface area contributed by atoms with Gasteiger partial charge in [0.2, 0.25) is 15.9 Å². The lowest BCUT2D eigenvalue weighted by molar-refractivity contribution is -0.117. The van der Waals surface area contributed by atoms with Gasteiger partial charge in [-0.05, 0) is 24.3 Å². The Bertz CT molecular complexity index is 1110. The van der Waals surface area contributed by atoms with Gasteiger partial charge < -0.3 is 24.3 Å². The molecule has 0 unspecified atom stereocenters. The third-order valence-electron chi connectivity index (χ3n) is 5.53. The zero-order valence-electron chi connectivity index (χ0n) is 18.6. The zero-order valence-corrected chi connectivity index (χ0v) is 19.4. The van der Waals surface area contributed by atoms with Crippen molar-refractivity contribution in [3.05, 3.63) is 36.4 Å². The standard InChI is InChI=1S/C22H27N3O7S/c1-29-16-3-5-18(20(13-16)30-2)23-22(26)15-24-7-9-25(10-8-24)33(27,28)17-4-6-19-21(14-17)32-12-11-31-19/h3-6,13-14H,7-12,15H2,1-2H3,(H,23,26). The van der Waals surface area contributed by atoms with Gasteiger partial charge in [-0.25, -0.2) is 8.42 Å². The molecule has 178 valence electrons. The molecule has 33 heavy (non-hydrogen) atoms. The van der Waals surface area contributed by atoms with E-state index >= 15 is 0 Å². The summed E-state index contributed by atoms with van der Waals surface area (Å²) < 4.78 is 49.0. The minimum Gasteiger partial charge on any atom is -0.497 e. The maximum atomic E-state index is 13.1. The Morgan fingerprint density at radius 3 is 2.39 bits per heavy atom. The van der Waals surface area contributed by atoms with Crippen LogP contribution in [-0.2, 0) is 14.8 Å². The first-order valence-corrected chi connectivity index (χ1v) is 12.0. The molecular formula is C22H27N3O7S. The Morgan fingerprint density at radius 1 is 0.970 bits per heavy atom. The molecule has 0 bridgehead atoms. The Labute approximate surface area is 193 Å². The molecule has 1 saturated heterocycles. The number of benzene rings is 2. The zero-order chi connectivity index (χ0) is 23.4. The van der Waals surface area contributed by atoms with Crippen molar-refractivity contribution >= 4 is 21.6 Å². The SMILES string of the molecule is COc1ccc(NC(=O)CN2CCN(S(=O)(=O)c3ccc4c(c3)OCCO4)CC2)c(OC)c1. The van der Waals surface area contributed by atoms with Crippen molar-refractivity contribution < 1.29 is 32.2 Å². The van der Waals surface area contributed by atoms with Gasteiger partial charge in [-0.1, -0.05) is 0 Å². The number of rotatable bonds is 7. The van der Waals surface area contributed by atoms with Gasteiger partial charge in [0.15, 0.2) is 11.5 Å². The third-order valence-corrected chi connectivity index (χ3v) is 7.43. The number of anilines is 1. The first-order valence-electron chi connectivity index (χ1n) is 10.5. The van der Waals surface area contributed by atoms with Crippen molar-refractivity contribution in [2.24, 2.45) is 0 Å². The minimum absolute atomic E-state index is 0.146. The van der Waals surface area contributed by atoms with Gasteiger partial charge in [0, 0.05) is 38.3 Å². The van der Waals surface area contributed by atoms with Crippen LogP contribution in [0.1, 0.15) is 0 Å². The van der Waals surface area contributed by atoms with E-state index in [0.29, 0.717) is 55.0 Å². The quantitative estimate of drug-likeness (QED) is 0.638. The summed E-state index contributed by atoms with van der Waals surface area (Å²) in [5, 5.41) is 2.84. The fourth-order valence-electron chi connectivity index (χ4n) is 3.76. The molecule has 2 aromatic carbocycles. The number of sulfonamides is 1. The number of fused-ring (bicyclic) bond motifs is 1. The Kier molecular flexibility index (Phi) is 6.91. The predicted octanol–water partition coefficient (Wildman–Crippen LogP) is 1.42. The predicted molar refractivity (Wildman–Crippen MR) is 121 cm³/mol. The molecule has 2 aliphatic heterocycles. The minimum atomic E-state index is -3.67. The molecule has 0 aromatic heterocycles. The number of amides is 1. The average molecular weight is 478 g/mol. The Morgan fingerprint density at radius 2 is 1.70 bits per heavy atom.